The number of aryl methyl sites for hydroxylation is 1. The van der Waals surface area contributed by atoms with Crippen LogP contribution in [0.25, 0.3) is 22.9 Å². The van der Waals surface area contributed by atoms with Crippen LogP contribution in [0.4, 0.5) is 0 Å². The van der Waals surface area contributed by atoms with Gasteiger partial charge < -0.3 is 9.32 Å². The lowest BCUT2D eigenvalue weighted by molar-refractivity contribution is 0.0785. The molecular weight excluding hydrogens is 398 g/mol. The molecule has 1 heterocycles. The summed E-state index contributed by atoms with van der Waals surface area (Å²) in [6, 6.07) is 22.5. The highest BCUT2D eigenvalue weighted by Crippen LogP contribution is 2.24. The molecule has 0 saturated carbocycles. The molecule has 1 aromatic heterocycles. The van der Waals surface area contributed by atoms with Crippen LogP contribution >= 0.6 is 11.6 Å². The first-order valence-electron chi connectivity index (χ1n) is 9.50. The highest BCUT2D eigenvalue weighted by molar-refractivity contribution is 6.30. The van der Waals surface area contributed by atoms with Crippen molar-refractivity contribution in [3.63, 3.8) is 0 Å². The van der Waals surface area contributed by atoms with Crippen molar-refractivity contribution in [2.24, 2.45) is 0 Å². The number of aromatic nitrogens is 2. The van der Waals surface area contributed by atoms with Gasteiger partial charge in [-0.1, -0.05) is 41.4 Å². The molecule has 0 fully saturated rings. The SMILES string of the molecule is Cc1ccc(-c2nnc(-c3ccc(C(=O)N(C)Cc4ccc(Cl)cc4)cc3)o2)cc1. The monoisotopic (exact) mass is 417 g/mol. The van der Waals surface area contributed by atoms with Crippen molar-refractivity contribution in [2.75, 3.05) is 7.05 Å². The summed E-state index contributed by atoms with van der Waals surface area (Å²) in [5, 5.41) is 8.94. The van der Waals surface area contributed by atoms with E-state index < -0.39 is 0 Å². The largest absolute Gasteiger partial charge is 0.416 e. The van der Waals surface area contributed by atoms with Gasteiger partial charge in [0.1, 0.15) is 0 Å². The number of carbonyl (C=O) groups excluding carboxylic acids is 1. The quantitative estimate of drug-likeness (QED) is 0.421. The average molecular weight is 418 g/mol. The Bertz CT molecular complexity index is 1150. The molecule has 30 heavy (non-hydrogen) atoms. The normalized spacial score (nSPS) is 10.8. The van der Waals surface area contributed by atoms with Gasteiger partial charge in [-0.15, -0.1) is 10.2 Å². The standard InChI is InChI=1S/C24H20ClN3O2/c1-16-3-7-18(8-4-16)22-26-27-23(30-22)19-9-11-20(12-10-19)24(29)28(2)15-17-5-13-21(25)14-6-17/h3-14H,15H2,1-2H3. The van der Waals surface area contributed by atoms with Crippen LogP contribution < -0.4 is 0 Å². The fourth-order valence-electron chi connectivity index (χ4n) is 3.06. The summed E-state index contributed by atoms with van der Waals surface area (Å²) in [7, 11) is 1.77. The van der Waals surface area contributed by atoms with Crippen LogP contribution in [-0.4, -0.2) is 28.1 Å². The van der Waals surface area contributed by atoms with E-state index in [9.17, 15) is 4.79 Å². The van der Waals surface area contributed by atoms with Crippen LogP contribution in [0, 0.1) is 6.92 Å². The molecule has 0 N–H and O–H groups in total. The molecule has 0 bridgehead atoms. The molecule has 0 aliphatic rings. The minimum absolute atomic E-state index is 0.0672. The van der Waals surface area contributed by atoms with E-state index in [1.165, 1.54) is 5.56 Å². The number of amides is 1. The fraction of sp³-hybridized carbons (Fsp3) is 0.125. The maximum atomic E-state index is 12.7. The van der Waals surface area contributed by atoms with Gasteiger partial charge in [-0.25, -0.2) is 0 Å². The Kier molecular flexibility index (Phi) is 5.63. The first-order chi connectivity index (χ1) is 14.5. The molecule has 0 aliphatic heterocycles. The predicted molar refractivity (Wildman–Crippen MR) is 117 cm³/mol. The summed E-state index contributed by atoms with van der Waals surface area (Å²) in [6.45, 7) is 2.53. The number of rotatable bonds is 5. The van der Waals surface area contributed by atoms with Gasteiger partial charge in [-0.2, -0.15) is 0 Å². The molecule has 0 unspecified atom stereocenters. The van der Waals surface area contributed by atoms with Gasteiger partial charge in [-0.05, 0) is 61.0 Å². The van der Waals surface area contributed by atoms with Crippen LogP contribution in [0.1, 0.15) is 21.5 Å². The molecule has 0 radical (unpaired) electrons. The maximum Gasteiger partial charge on any atom is 0.253 e. The van der Waals surface area contributed by atoms with Crippen LogP contribution in [0.5, 0.6) is 0 Å². The third kappa shape index (κ3) is 4.42. The summed E-state index contributed by atoms with van der Waals surface area (Å²) in [6.07, 6.45) is 0. The van der Waals surface area contributed by atoms with E-state index in [0.717, 1.165) is 16.7 Å². The lowest BCUT2D eigenvalue weighted by atomic mass is 10.1. The second kappa shape index (κ2) is 8.51. The van der Waals surface area contributed by atoms with Gasteiger partial charge in [0.2, 0.25) is 11.8 Å². The molecule has 4 rings (SSSR count). The topological polar surface area (TPSA) is 59.2 Å². The van der Waals surface area contributed by atoms with E-state index in [1.807, 2.05) is 67.6 Å². The van der Waals surface area contributed by atoms with Gasteiger partial charge >= 0.3 is 0 Å². The Morgan fingerprint density at radius 1 is 0.867 bits per heavy atom. The van der Waals surface area contributed by atoms with Gasteiger partial charge in [0, 0.05) is 35.3 Å². The smallest absolute Gasteiger partial charge is 0.253 e. The second-order valence-corrected chi connectivity index (χ2v) is 7.58. The van der Waals surface area contributed by atoms with Crippen LogP contribution in [-0.2, 0) is 6.54 Å². The average Bonchev–Trinajstić information content (AvgIpc) is 3.26. The molecule has 4 aromatic rings. The highest BCUT2D eigenvalue weighted by Gasteiger charge is 2.14. The van der Waals surface area contributed by atoms with Crippen molar-refractivity contribution < 1.29 is 9.21 Å². The minimum Gasteiger partial charge on any atom is -0.416 e. The minimum atomic E-state index is -0.0672. The fourth-order valence-corrected chi connectivity index (χ4v) is 3.19. The summed E-state index contributed by atoms with van der Waals surface area (Å²) in [5.41, 5.74) is 4.40. The Morgan fingerprint density at radius 3 is 1.97 bits per heavy atom. The molecule has 0 spiro atoms. The summed E-state index contributed by atoms with van der Waals surface area (Å²) in [4.78, 5) is 14.4. The first-order valence-corrected chi connectivity index (χ1v) is 9.88. The van der Waals surface area contributed by atoms with E-state index in [4.69, 9.17) is 16.0 Å². The van der Waals surface area contributed by atoms with Gasteiger partial charge in [0.15, 0.2) is 0 Å². The molecule has 6 heteroatoms. The van der Waals surface area contributed by atoms with E-state index in [2.05, 4.69) is 10.2 Å². The summed E-state index contributed by atoms with van der Waals surface area (Å²) in [5.74, 6) is 0.814. The number of carbonyl (C=O) groups is 1. The molecule has 5 nitrogen and oxygen atoms in total. The van der Waals surface area contributed by atoms with Crippen LogP contribution in [0.15, 0.2) is 77.2 Å². The Hall–Kier alpha value is -3.44. The number of benzene rings is 3. The lowest BCUT2D eigenvalue weighted by Crippen LogP contribution is -2.26. The third-order valence-corrected chi connectivity index (χ3v) is 5.03. The molecule has 3 aromatic carbocycles. The molecule has 0 aliphatic carbocycles. The zero-order valence-electron chi connectivity index (χ0n) is 16.7. The highest BCUT2D eigenvalue weighted by atomic mass is 35.5. The number of hydrogen-bond acceptors (Lipinski definition) is 4. The Labute approximate surface area is 179 Å². The third-order valence-electron chi connectivity index (χ3n) is 4.78. The maximum absolute atomic E-state index is 12.7. The molecular formula is C24H20ClN3O2. The molecule has 150 valence electrons. The van der Waals surface area contributed by atoms with Crippen LogP contribution in [0.3, 0.4) is 0 Å². The van der Waals surface area contributed by atoms with Crippen molar-refractivity contribution in [3.05, 3.63) is 94.5 Å². The predicted octanol–water partition coefficient (Wildman–Crippen LogP) is 5.64. The summed E-state index contributed by atoms with van der Waals surface area (Å²) < 4.78 is 5.80. The van der Waals surface area contributed by atoms with Crippen molar-refractivity contribution in [1.82, 2.24) is 15.1 Å². The zero-order valence-corrected chi connectivity index (χ0v) is 17.4. The Morgan fingerprint density at radius 2 is 1.40 bits per heavy atom. The van der Waals surface area contributed by atoms with Gasteiger partial charge in [0.25, 0.3) is 5.91 Å². The van der Waals surface area contributed by atoms with E-state index in [-0.39, 0.29) is 5.91 Å². The summed E-state index contributed by atoms with van der Waals surface area (Å²) >= 11 is 5.92. The van der Waals surface area contributed by atoms with E-state index in [1.54, 1.807) is 24.1 Å². The van der Waals surface area contributed by atoms with Crippen molar-refractivity contribution >= 4 is 17.5 Å². The van der Waals surface area contributed by atoms with Gasteiger partial charge in [-0.3, -0.25) is 4.79 Å². The van der Waals surface area contributed by atoms with Crippen LogP contribution in [0.2, 0.25) is 5.02 Å². The van der Waals surface area contributed by atoms with Crippen molar-refractivity contribution in [2.45, 2.75) is 13.5 Å². The first kappa shape index (κ1) is 19.9. The lowest BCUT2D eigenvalue weighted by Gasteiger charge is -2.17. The number of halogens is 1. The van der Waals surface area contributed by atoms with E-state index >= 15 is 0 Å². The second-order valence-electron chi connectivity index (χ2n) is 7.14. The molecule has 0 atom stereocenters. The molecule has 1 amide bonds. The Balaban J connectivity index is 1.46. The van der Waals surface area contributed by atoms with E-state index in [0.29, 0.717) is 28.9 Å². The van der Waals surface area contributed by atoms with Crippen molar-refractivity contribution in [3.8, 4) is 22.9 Å². The zero-order chi connectivity index (χ0) is 21.1. The molecule has 0 saturated heterocycles. The van der Waals surface area contributed by atoms with Gasteiger partial charge in [0.05, 0.1) is 0 Å². The number of hydrogen-bond donors (Lipinski definition) is 0. The van der Waals surface area contributed by atoms with Crippen molar-refractivity contribution in [1.29, 1.82) is 0 Å². The number of nitrogens with zero attached hydrogens (tertiary/aromatic N) is 3.